The van der Waals surface area contributed by atoms with Crippen molar-refractivity contribution < 1.29 is 19.1 Å². The van der Waals surface area contributed by atoms with Crippen molar-refractivity contribution in [2.24, 2.45) is 11.3 Å². The monoisotopic (exact) mass is 529 g/mol. The third-order valence-corrected chi connectivity index (χ3v) is 9.40. The fourth-order valence-corrected chi connectivity index (χ4v) is 6.44. The molecule has 8 heteroatoms. The number of likely N-dealkylation sites (tertiary alicyclic amines) is 2. The molecular formula is C29H40ClN3O4. The van der Waals surface area contributed by atoms with Gasteiger partial charge < -0.3 is 19.4 Å². The number of amides is 3. The summed E-state index contributed by atoms with van der Waals surface area (Å²) < 4.78 is 5.87. The van der Waals surface area contributed by atoms with E-state index >= 15 is 0 Å². The van der Waals surface area contributed by atoms with Gasteiger partial charge in [0.2, 0.25) is 11.8 Å². The standard InChI is InChI=1S/C29H40ClN3O4/c1-29(14-15-29)27(35)32-16-12-21(13-17-32)26(34)33-18-24(20-8-10-22(30)11-9-20)25(19-33)31(2)28(36)37-23-6-4-3-5-7-23/h8-11,21,23-25H,3-7,12-19H2,1-2H3/t24-,25+/m0/s1. The van der Waals surface area contributed by atoms with Crippen molar-refractivity contribution in [2.45, 2.75) is 82.8 Å². The van der Waals surface area contributed by atoms with Crippen molar-refractivity contribution in [2.75, 3.05) is 33.2 Å². The second kappa shape index (κ2) is 10.8. The fourth-order valence-electron chi connectivity index (χ4n) is 6.31. The van der Waals surface area contributed by atoms with Crippen molar-refractivity contribution in [3.63, 3.8) is 0 Å². The van der Waals surface area contributed by atoms with Crippen molar-refractivity contribution >= 4 is 29.5 Å². The van der Waals surface area contributed by atoms with Crippen LogP contribution in [0.15, 0.2) is 24.3 Å². The van der Waals surface area contributed by atoms with E-state index in [-0.39, 0.29) is 47.3 Å². The lowest BCUT2D eigenvalue weighted by molar-refractivity contribution is -0.142. The molecule has 5 rings (SSSR count). The Kier molecular flexibility index (Phi) is 7.71. The summed E-state index contributed by atoms with van der Waals surface area (Å²) in [5.41, 5.74) is 0.905. The van der Waals surface area contributed by atoms with E-state index in [0.717, 1.165) is 44.1 Å². The zero-order valence-electron chi connectivity index (χ0n) is 22.2. The number of hydrogen-bond donors (Lipinski definition) is 0. The van der Waals surface area contributed by atoms with Crippen LogP contribution in [0, 0.1) is 11.3 Å². The molecule has 1 aromatic carbocycles. The highest BCUT2D eigenvalue weighted by atomic mass is 35.5. The highest BCUT2D eigenvalue weighted by Gasteiger charge is 2.48. The molecular weight excluding hydrogens is 490 g/mol. The van der Waals surface area contributed by atoms with E-state index in [1.807, 2.05) is 41.0 Å². The maximum atomic E-state index is 13.6. The summed E-state index contributed by atoms with van der Waals surface area (Å²) in [5, 5.41) is 0.664. The van der Waals surface area contributed by atoms with E-state index in [0.29, 0.717) is 44.0 Å². The van der Waals surface area contributed by atoms with Crippen LogP contribution in [-0.4, -0.2) is 78.0 Å². The first-order valence-electron chi connectivity index (χ1n) is 14.0. The summed E-state index contributed by atoms with van der Waals surface area (Å²) in [6.45, 7) is 4.39. The molecule has 0 aromatic heterocycles. The smallest absolute Gasteiger partial charge is 0.410 e. The van der Waals surface area contributed by atoms with Gasteiger partial charge in [0.15, 0.2) is 0 Å². The molecule has 0 radical (unpaired) electrons. The predicted octanol–water partition coefficient (Wildman–Crippen LogP) is 5.07. The van der Waals surface area contributed by atoms with Gasteiger partial charge in [0.05, 0.1) is 6.04 Å². The molecule has 2 aliphatic heterocycles. The summed E-state index contributed by atoms with van der Waals surface area (Å²) >= 11 is 6.15. The van der Waals surface area contributed by atoms with Gasteiger partial charge in [-0.25, -0.2) is 4.79 Å². The first kappa shape index (κ1) is 26.3. The van der Waals surface area contributed by atoms with Crippen LogP contribution in [0.3, 0.4) is 0 Å². The molecule has 0 N–H and O–H groups in total. The third-order valence-electron chi connectivity index (χ3n) is 9.15. The number of halogens is 1. The lowest BCUT2D eigenvalue weighted by Crippen LogP contribution is -2.46. The lowest BCUT2D eigenvalue weighted by Gasteiger charge is -2.34. The van der Waals surface area contributed by atoms with Crippen molar-refractivity contribution in [1.29, 1.82) is 0 Å². The van der Waals surface area contributed by atoms with Crippen LogP contribution in [0.1, 0.15) is 76.2 Å². The van der Waals surface area contributed by atoms with Crippen LogP contribution >= 0.6 is 11.6 Å². The quantitative estimate of drug-likeness (QED) is 0.533. The van der Waals surface area contributed by atoms with E-state index in [1.165, 1.54) is 6.42 Å². The fraction of sp³-hybridized carbons (Fsp3) is 0.690. The zero-order chi connectivity index (χ0) is 26.2. The summed E-state index contributed by atoms with van der Waals surface area (Å²) in [6.07, 6.45) is 8.30. The number of rotatable bonds is 5. The molecule has 2 saturated heterocycles. The number of carbonyl (C=O) groups is 3. The molecule has 4 fully saturated rings. The van der Waals surface area contributed by atoms with E-state index in [9.17, 15) is 14.4 Å². The first-order chi connectivity index (χ1) is 17.7. The second-order valence-corrected chi connectivity index (χ2v) is 12.3. The van der Waals surface area contributed by atoms with Crippen LogP contribution in [0.4, 0.5) is 4.79 Å². The molecule has 202 valence electrons. The van der Waals surface area contributed by atoms with Crippen LogP contribution in [0.25, 0.3) is 0 Å². The Morgan fingerprint density at radius 2 is 1.59 bits per heavy atom. The van der Waals surface area contributed by atoms with Gasteiger partial charge in [0.1, 0.15) is 6.10 Å². The Bertz CT molecular complexity index is 997. The van der Waals surface area contributed by atoms with Crippen molar-refractivity contribution in [3.05, 3.63) is 34.9 Å². The number of ether oxygens (including phenoxy) is 1. The number of likely N-dealkylation sites (N-methyl/N-ethyl adjacent to an activating group) is 1. The summed E-state index contributed by atoms with van der Waals surface area (Å²) in [6, 6.07) is 7.56. The zero-order valence-corrected chi connectivity index (χ0v) is 22.9. The number of hydrogen-bond acceptors (Lipinski definition) is 4. The lowest BCUT2D eigenvalue weighted by atomic mass is 9.93. The summed E-state index contributed by atoms with van der Waals surface area (Å²) in [7, 11) is 1.80. The van der Waals surface area contributed by atoms with Gasteiger partial charge in [-0.3, -0.25) is 9.59 Å². The van der Waals surface area contributed by atoms with Gasteiger partial charge in [0.25, 0.3) is 0 Å². The molecule has 0 spiro atoms. The normalized spacial score (nSPS) is 26.1. The molecule has 0 unspecified atom stereocenters. The van der Waals surface area contributed by atoms with Crippen molar-refractivity contribution in [1.82, 2.24) is 14.7 Å². The topological polar surface area (TPSA) is 70.2 Å². The molecule has 2 aliphatic carbocycles. The minimum atomic E-state index is -0.300. The Labute approximate surface area is 225 Å². The van der Waals surface area contributed by atoms with Crippen LogP contribution in [-0.2, 0) is 14.3 Å². The SMILES string of the molecule is CN(C(=O)OC1CCCCC1)[C@@H]1CN(C(=O)C2CCN(C(=O)C3(C)CC3)CC2)C[C@H]1c1ccc(Cl)cc1. The second-order valence-electron chi connectivity index (χ2n) is 11.9. The summed E-state index contributed by atoms with van der Waals surface area (Å²) in [4.78, 5) is 45.1. The maximum Gasteiger partial charge on any atom is 0.410 e. The molecule has 2 saturated carbocycles. The predicted molar refractivity (Wildman–Crippen MR) is 142 cm³/mol. The van der Waals surface area contributed by atoms with Crippen molar-refractivity contribution in [3.8, 4) is 0 Å². The molecule has 7 nitrogen and oxygen atoms in total. The number of piperidine rings is 1. The molecule has 2 heterocycles. The van der Waals surface area contributed by atoms with E-state index in [1.54, 1.807) is 11.9 Å². The minimum absolute atomic E-state index is 0.0115. The highest BCUT2D eigenvalue weighted by Crippen LogP contribution is 2.47. The third kappa shape index (κ3) is 5.76. The summed E-state index contributed by atoms with van der Waals surface area (Å²) in [5.74, 6) is 0.294. The first-order valence-corrected chi connectivity index (χ1v) is 14.4. The largest absolute Gasteiger partial charge is 0.446 e. The number of benzene rings is 1. The van der Waals surface area contributed by atoms with Gasteiger partial charge in [-0.1, -0.05) is 37.1 Å². The Morgan fingerprint density at radius 1 is 0.946 bits per heavy atom. The minimum Gasteiger partial charge on any atom is -0.446 e. The Balaban J connectivity index is 1.25. The van der Waals surface area contributed by atoms with Crippen LogP contribution in [0.2, 0.25) is 5.02 Å². The molecule has 3 amide bonds. The van der Waals surface area contributed by atoms with Crippen LogP contribution < -0.4 is 0 Å². The van der Waals surface area contributed by atoms with E-state index < -0.39 is 0 Å². The van der Waals surface area contributed by atoms with Gasteiger partial charge in [-0.2, -0.15) is 0 Å². The van der Waals surface area contributed by atoms with Gasteiger partial charge in [-0.15, -0.1) is 0 Å². The molecule has 1 aromatic rings. The van der Waals surface area contributed by atoms with Gasteiger partial charge in [0, 0.05) is 55.5 Å². The highest BCUT2D eigenvalue weighted by molar-refractivity contribution is 6.30. The molecule has 2 atom stereocenters. The van der Waals surface area contributed by atoms with Crippen LogP contribution in [0.5, 0.6) is 0 Å². The Morgan fingerprint density at radius 3 is 2.22 bits per heavy atom. The maximum absolute atomic E-state index is 13.6. The molecule has 4 aliphatic rings. The van der Waals surface area contributed by atoms with E-state index in [4.69, 9.17) is 16.3 Å². The Hall–Kier alpha value is -2.28. The average molecular weight is 530 g/mol. The molecule has 37 heavy (non-hydrogen) atoms. The number of nitrogens with zero attached hydrogens (tertiary/aromatic N) is 3. The van der Waals surface area contributed by atoms with Gasteiger partial charge in [-0.05, 0) is 69.1 Å². The van der Waals surface area contributed by atoms with Gasteiger partial charge >= 0.3 is 6.09 Å². The average Bonchev–Trinajstić information content (AvgIpc) is 3.52. The van der Waals surface area contributed by atoms with E-state index in [2.05, 4.69) is 0 Å². The molecule has 0 bridgehead atoms. The number of carbonyl (C=O) groups excluding carboxylic acids is 3.